The van der Waals surface area contributed by atoms with E-state index in [1.165, 1.54) is 0 Å². The lowest BCUT2D eigenvalue weighted by Crippen LogP contribution is -2.13. The normalized spacial score (nSPS) is 10.3. The number of carbonyl (C=O) groups excluding carboxylic acids is 1. The highest BCUT2D eigenvalue weighted by atomic mass is 16.5. The number of rotatable bonds is 5. The van der Waals surface area contributed by atoms with Crippen molar-refractivity contribution < 1.29 is 9.53 Å². The minimum atomic E-state index is -0.700. The van der Waals surface area contributed by atoms with E-state index in [2.05, 4.69) is 17.7 Å². The standard InChI is InChI=1S/C8H15NO2/c1-2-3-4-5-6-7-11-8(9)10/h4-5H,2-3,6-7H2,1H3,(H2,9,10)/b5-4-. The zero-order valence-corrected chi connectivity index (χ0v) is 6.88. The van der Waals surface area contributed by atoms with E-state index in [1.54, 1.807) is 0 Å². The van der Waals surface area contributed by atoms with Gasteiger partial charge >= 0.3 is 6.09 Å². The molecule has 0 saturated carbocycles. The van der Waals surface area contributed by atoms with E-state index < -0.39 is 6.09 Å². The van der Waals surface area contributed by atoms with Crippen molar-refractivity contribution in [1.82, 2.24) is 0 Å². The van der Waals surface area contributed by atoms with Crippen molar-refractivity contribution in [3.8, 4) is 0 Å². The third-order valence-corrected chi connectivity index (χ3v) is 1.15. The molecule has 3 nitrogen and oxygen atoms in total. The van der Waals surface area contributed by atoms with E-state index in [-0.39, 0.29) is 0 Å². The Morgan fingerprint density at radius 3 is 2.64 bits per heavy atom. The van der Waals surface area contributed by atoms with Gasteiger partial charge < -0.3 is 10.5 Å². The molecule has 0 unspecified atom stereocenters. The number of carbonyl (C=O) groups is 1. The first-order valence-electron chi connectivity index (χ1n) is 3.84. The van der Waals surface area contributed by atoms with E-state index in [1.807, 2.05) is 6.08 Å². The summed E-state index contributed by atoms with van der Waals surface area (Å²) in [6.45, 7) is 2.50. The van der Waals surface area contributed by atoms with Gasteiger partial charge in [0.2, 0.25) is 0 Å². The fourth-order valence-electron chi connectivity index (χ4n) is 0.630. The second-order valence-electron chi connectivity index (χ2n) is 2.22. The number of hydrogen-bond donors (Lipinski definition) is 1. The first-order valence-corrected chi connectivity index (χ1v) is 3.84. The molecule has 0 aromatic heterocycles. The van der Waals surface area contributed by atoms with Crippen LogP contribution in [0, 0.1) is 0 Å². The molecular weight excluding hydrogens is 142 g/mol. The van der Waals surface area contributed by atoms with Crippen molar-refractivity contribution in [2.24, 2.45) is 5.73 Å². The summed E-state index contributed by atoms with van der Waals surface area (Å²) in [7, 11) is 0. The van der Waals surface area contributed by atoms with Crippen LogP contribution in [0.1, 0.15) is 26.2 Å². The van der Waals surface area contributed by atoms with Crippen molar-refractivity contribution in [1.29, 1.82) is 0 Å². The molecule has 0 radical (unpaired) electrons. The predicted molar refractivity (Wildman–Crippen MR) is 44.2 cm³/mol. The molecule has 0 aromatic carbocycles. The molecule has 64 valence electrons. The number of nitrogens with two attached hydrogens (primary N) is 1. The monoisotopic (exact) mass is 157 g/mol. The van der Waals surface area contributed by atoms with Crippen LogP contribution in [0.4, 0.5) is 4.79 Å². The highest BCUT2D eigenvalue weighted by Crippen LogP contribution is 1.91. The minimum Gasteiger partial charge on any atom is -0.449 e. The second-order valence-corrected chi connectivity index (χ2v) is 2.22. The highest BCUT2D eigenvalue weighted by Gasteiger charge is 1.88. The van der Waals surface area contributed by atoms with Crippen LogP contribution in [0.25, 0.3) is 0 Å². The lowest BCUT2D eigenvalue weighted by molar-refractivity contribution is 0.159. The maximum absolute atomic E-state index is 10.1. The lowest BCUT2D eigenvalue weighted by Gasteiger charge is -1.95. The van der Waals surface area contributed by atoms with Gasteiger partial charge in [-0.15, -0.1) is 0 Å². The molecule has 0 heterocycles. The van der Waals surface area contributed by atoms with Gasteiger partial charge in [0.1, 0.15) is 0 Å². The van der Waals surface area contributed by atoms with Crippen molar-refractivity contribution in [2.45, 2.75) is 26.2 Å². The van der Waals surface area contributed by atoms with Gasteiger partial charge in [0, 0.05) is 0 Å². The van der Waals surface area contributed by atoms with Gasteiger partial charge in [-0.05, 0) is 12.8 Å². The Labute approximate surface area is 67.2 Å². The van der Waals surface area contributed by atoms with E-state index in [0.29, 0.717) is 6.61 Å². The van der Waals surface area contributed by atoms with Crippen molar-refractivity contribution in [3.05, 3.63) is 12.2 Å². The molecule has 0 spiro atoms. The van der Waals surface area contributed by atoms with Gasteiger partial charge in [-0.25, -0.2) is 4.79 Å². The van der Waals surface area contributed by atoms with Crippen LogP contribution in [0.5, 0.6) is 0 Å². The summed E-state index contributed by atoms with van der Waals surface area (Å²) in [4.78, 5) is 10.1. The number of primary amides is 1. The van der Waals surface area contributed by atoms with Crippen LogP contribution in [0.3, 0.4) is 0 Å². The number of allylic oxidation sites excluding steroid dienone is 1. The first kappa shape index (κ1) is 10.0. The summed E-state index contributed by atoms with van der Waals surface area (Å²) < 4.78 is 4.51. The molecule has 0 atom stereocenters. The summed E-state index contributed by atoms with van der Waals surface area (Å²) in [5.74, 6) is 0. The lowest BCUT2D eigenvalue weighted by atomic mass is 10.3. The van der Waals surface area contributed by atoms with Crippen molar-refractivity contribution in [3.63, 3.8) is 0 Å². The Morgan fingerprint density at radius 1 is 1.45 bits per heavy atom. The summed E-state index contributed by atoms with van der Waals surface area (Å²) in [6, 6.07) is 0. The Bertz CT molecular complexity index is 132. The average molecular weight is 157 g/mol. The zero-order chi connectivity index (χ0) is 8.53. The first-order chi connectivity index (χ1) is 5.27. The third kappa shape index (κ3) is 9.01. The molecule has 0 aliphatic rings. The maximum Gasteiger partial charge on any atom is 0.404 e. The Balaban J connectivity index is 3.07. The number of unbranched alkanes of at least 4 members (excludes halogenated alkanes) is 1. The molecule has 0 aliphatic heterocycles. The van der Waals surface area contributed by atoms with Gasteiger partial charge in [0.05, 0.1) is 6.61 Å². The molecule has 0 aliphatic carbocycles. The topological polar surface area (TPSA) is 52.3 Å². The molecule has 0 saturated heterocycles. The van der Waals surface area contributed by atoms with Crippen LogP contribution < -0.4 is 5.73 Å². The van der Waals surface area contributed by atoms with E-state index in [4.69, 9.17) is 5.73 Å². The molecule has 1 amide bonds. The van der Waals surface area contributed by atoms with E-state index >= 15 is 0 Å². The van der Waals surface area contributed by atoms with Crippen LogP contribution in [-0.2, 0) is 4.74 Å². The van der Waals surface area contributed by atoms with E-state index in [9.17, 15) is 4.79 Å². The summed E-state index contributed by atoms with van der Waals surface area (Å²) in [5.41, 5.74) is 4.75. The Kier molecular flexibility index (Phi) is 6.48. The number of hydrogen-bond acceptors (Lipinski definition) is 2. The summed E-state index contributed by atoms with van der Waals surface area (Å²) >= 11 is 0. The SMILES string of the molecule is CCC/C=C\CCOC(N)=O. The van der Waals surface area contributed by atoms with Crippen LogP contribution >= 0.6 is 0 Å². The van der Waals surface area contributed by atoms with E-state index in [0.717, 1.165) is 19.3 Å². The Hall–Kier alpha value is -0.990. The molecular formula is C8H15NO2. The van der Waals surface area contributed by atoms with Crippen molar-refractivity contribution in [2.75, 3.05) is 6.61 Å². The second kappa shape index (κ2) is 7.12. The van der Waals surface area contributed by atoms with Gasteiger partial charge in [-0.2, -0.15) is 0 Å². The van der Waals surface area contributed by atoms with Crippen molar-refractivity contribution >= 4 is 6.09 Å². The highest BCUT2D eigenvalue weighted by molar-refractivity contribution is 5.64. The molecule has 0 aromatic rings. The molecule has 11 heavy (non-hydrogen) atoms. The number of ether oxygens (including phenoxy) is 1. The Morgan fingerprint density at radius 2 is 2.09 bits per heavy atom. The molecule has 2 N–H and O–H groups in total. The van der Waals surface area contributed by atoms with Gasteiger partial charge in [0.25, 0.3) is 0 Å². The van der Waals surface area contributed by atoms with Crippen LogP contribution in [0.15, 0.2) is 12.2 Å². The molecule has 3 heteroatoms. The average Bonchev–Trinajstić information content (AvgIpc) is 1.96. The maximum atomic E-state index is 10.1. The van der Waals surface area contributed by atoms with Gasteiger partial charge in [-0.3, -0.25) is 0 Å². The minimum absolute atomic E-state index is 0.384. The van der Waals surface area contributed by atoms with Crippen LogP contribution in [-0.4, -0.2) is 12.7 Å². The van der Waals surface area contributed by atoms with Gasteiger partial charge in [0.15, 0.2) is 0 Å². The summed E-state index contributed by atoms with van der Waals surface area (Å²) in [6.07, 6.45) is 6.35. The summed E-state index contributed by atoms with van der Waals surface area (Å²) in [5, 5.41) is 0. The molecule has 0 rings (SSSR count). The predicted octanol–water partition coefficient (Wildman–Crippen LogP) is 1.83. The quantitative estimate of drug-likeness (QED) is 0.489. The fourth-order valence-corrected chi connectivity index (χ4v) is 0.630. The molecule has 0 fully saturated rings. The largest absolute Gasteiger partial charge is 0.449 e. The third-order valence-electron chi connectivity index (χ3n) is 1.15. The van der Waals surface area contributed by atoms with Gasteiger partial charge in [-0.1, -0.05) is 25.5 Å². The molecule has 0 bridgehead atoms. The fraction of sp³-hybridized carbons (Fsp3) is 0.625. The van der Waals surface area contributed by atoms with Crippen LogP contribution in [0.2, 0.25) is 0 Å². The number of amides is 1. The smallest absolute Gasteiger partial charge is 0.404 e. The zero-order valence-electron chi connectivity index (χ0n) is 6.88.